The van der Waals surface area contributed by atoms with E-state index in [-0.39, 0.29) is 11.3 Å². The first-order chi connectivity index (χ1) is 11.2. The molecule has 24 heavy (non-hydrogen) atoms. The van der Waals surface area contributed by atoms with Crippen LogP contribution in [0.5, 0.6) is 5.75 Å². The van der Waals surface area contributed by atoms with Gasteiger partial charge < -0.3 is 10.1 Å². The summed E-state index contributed by atoms with van der Waals surface area (Å²) in [5, 5.41) is 3.54. The molecular formula is C20H24ClNO2. The molecule has 0 aliphatic rings. The molecule has 0 aromatic heterocycles. The van der Waals surface area contributed by atoms with E-state index in [1.54, 1.807) is 19.1 Å². The minimum absolute atomic E-state index is 0.0560. The van der Waals surface area contributed by atoms with Gasteiger partial charge in [-0.1, -0.05) is 50.6 Å². The molecule has 0 spiro atoms. The molecule has 2 rings (SSSR count). The van der Waals surface area contributed by atoms with Gasteiger partial charge in [0.1, 0.15) is 5.75 Å². The third-order valence-corrected chi connectivity index (χ3v) is 4.05. The van der Waals surface area contributed by atoms with Crippen molar-refractivity contribution in [3.63, 3.8) is 0 Å². The molecule has 0 radical (unpaired) electrons. The highest BCUT2D eigenvalue weighted by Crippen LogP contribution is 2.31. The highest BCUT2D eigenvalue weighted by molar-refractivity contribution is 6.30. The minimum atomic E-state index is -0.608. The predicted molar refractivity (Wildman–Crippen MR) is 100 cm³/mol. The van der Waals surface area contributed by atoms with E-state index in [0.717, 1.165) is 22.6 Å². The normalized spacial score (nSPS) is 12.6. The maximum Gasteiger partial charge on any atom is 0.265 e. The Morgan fingerprint density at radius 1 is 1.17 bits per heavy atom. The van der Waals surface area contributed by atoms with Crippen LogP contribution in [0.1, 0.15) is 38.8 Å². The van der Waals surface area contributed by atoms with Crippen LogP contribution in [0.4, 0.5) is 5.69 Å². The van der Waals surface area contributed by atoms with Crippen LogP contribution in [0.2, 0.25) is 5.02 Å². The summed E-state index contributed by atoms with van der Waals surface area (Å²) in [5.74, 6) is 0.546. The molecule has 0 saturated heterocycles. The Bertz CT molecular complexity index is 735. The van der Waals surface area contributed by atoms with Gasteiger partial charge in [-0.2, -0.15) is 0 Å². The fourth-order valence-corrected chi connectivity index (χ4v) is 2.66. The fourth-order valence-electron chi connectivity index (χ4n) is 2.43. The van der Waals surface area contributed by atoms with Crippen LogP contribution in [0.25, 0.3) is 0 Å². The number of nitrogens with one attached hydrogen (secondary N) is 1. The number of carbonyl (C=O) groups excluding carboxylic acids is 1. The Morgan fingerprint density at radius 3 is 2.46 bits per heavy atom. The Morgan fingerprint density at radius 2 is 1.83 bits per heavy atom. The second kappa shape index (κ2) is 7.27. The lowest BCUT2D eigenvalue weighted by Gasteiger charge is -2.24. The lowest BCUT2D eigenvalue weighted by Crippen LogP contribution is -2.31. The number of halogens is 1. The zero-order valence-electron chi connectivity index (χ0n) is 14.8. The van der Waals surface area contributed by atoms with Crippen molar-refractivity contribution in [3.8, 4) is 5.75 Å². The van der Waals surface area contributed by atoms with Crippen molar-refractivity contribution in [2.75, 3.05) is 5.32 Å². The number of carbonyl (C=O) groups is 1. The second-order valence-electron chi connectivity index (χ2n) is 6.95. The van der Waals surface area contributed by atoms with E-state index in [0.29, 0.717) is 5.02 Å². The number of ether oxygens (including phenoxy) is 1. The topological polar surface area (TPSA) is 38.3 Å². The van der Waals surface area contributed by atoms with Crippen molar-refractivity contribution in [2.45, 2.75) is 46.1 Å². The molecule has 3 nitrogen and oxygen atoms in total. The maximum atomic E-state index is 12.4. The summed E-state index contributed by atoms with van der Waals surface area (Å²) in [5.41, 5.74) is 2.67. The molecule has 0 bridgehead atoms. The molecule has 2 aromatic carbocycles. The van der Waals surface area contributed by atoms with Gasteiger partial charge in [0, 0.05) is 10.7 Å². The summed E-state index contributed by atoms with van der Waals surface area (Å²) in [4.78, 5) is 12.4. The van der Waals surface area contributed by atoms with E-state index in [4.69, 9.17) is 16.3 Å². The van der Waals surface area contributed by atoms with Gasteiger partial charge in [0.05, 0.1) is 0 Å². The quantitative estimate of drug-likeness (QED) is 0.810. The summed E-state index contributed by atoms with van der Waals surface area (Å²) in [7, 11) is 0. The van der Waals surface area contributed by atoms with E-state index >= 15 is 0 Å². The molecule has 128 valence electrons. The molecule has 0 aliphatic heterocycles. The number of para-hydroxylation sites is 1. The van der Waals surface area contributed by atoms with Crippen LogP contribution in [-0.2, 0) is 10.2 Å². The Balaban J connectivity index is 2.13. The van der Waals surface area contributed by atoms with E-state index in [1.165, 1.54) is 0 Å². The molecule has 2 aromatic rings. The smallest absolute Gasteiger partial charge is 0.265 e. The van der Waals surface area contributed by atoms with Crippen molar-refractivity contribution in [1.82, 2.24) is 0 Å². The Kier molecular flexibility index (Phi) is 5.55. The van der Waals surface area contributed by atoms with Crippen LogP contribution in [0.3, 0.4) is 0 Å². The first kappa shape index (κ1) is 18.3. The van der Waals surface area contributed by atoms with Gasteiger partial charge in [-0.05, 0) is 54.7 Å². The summed E-state index contributed by atoms with van der Waals surface area (Å²) in [6, 6.07) is 13.2. The average molecular weight is 346 g/mol. The van der Waals surface area contributed by atoms with Crippen molar-refractivity contribution >= 4 is 23.2 Å². The molecule has 4 heteroatoms. The third kappa shape index (κ3) is 4.51. The lowest BCUT2D eigenvalue weighted by molar-refractivity contribution is -0.122. The Labute approximate surface area is 149 Å². The van der Waals surface area contributed by atoms with E-state index in [1.807, 2.05) is 37.3 Å². The van der Waals surface area contributed by atoms with Gasteiger partial charge >= 0.3 is 0 Å². The number of hydrogen-bond acceptors (Lipinski definition) is 2. The molecule has 1 amide bonds. The zero-order valence-corrected chi connectivity index (χ0v) is 15.6. The number of benzene rings is 2. The average Bonchev–Trinajstić information content (AvgIpc) is 2.49. The van der Waals surface area contributed by atoms with E-state index in [2.05, 4.69) is 26.1 Å². The molecule has 1 N–H and O–H groups in total. The van der Waals surface area contributed by atoms with Crippen LogP contribution >= 0.6 is 11.6 Å². The van der Waals surface area contributed by atoms with E-state index in [9.17, 15) is 4.79 Å². The summed E-state index contributed by atoms with van der Waals surface area (Å²) in [6.45, 7) is 10.0. The van der Waals surface area contributed by atoms with Gasteiger partial charge in [0.2, 0.25) is 0 Å². The first-order valence-corrected chi connectivity index (χ1v) is 8.39. The SMILES string of the molecule is Cc1cc(Cl)ccc1NC(=O)C(C)Oc1ccccc1C(C)(C)C. The molecule has 1 atom stereocenters. The largest absolute Gasteiger partial charge is 0.481 e. The number of rotatable bonds is 4. The van der Waals surface area contributed by atoms with E-state index < -0.39 is 6.10 Å². The van der Waals surface area contributed by atoms with Crippen molar-refractivity contribution < 1.29 is 9.53 Å². The number of hydrogen-bond donors (Lipinski definition) is 1. The van der Waals surface area contributed by atoms with Crippen molar-refractivity contribution in [1.29, 1.82) is 0 Å². The van der Waals surface area contributed by atoms with Crippen LogP contribution in [-0.4, -0.2) is 12.0 Å². The van der Waals surface area contributed by atoms with Gasteiger partial charge in [0.15, 0.2) is 6.10 Å². The molecular weight excluding hydrogens is 322 g/mol. The third-order valence-electron chi connectivity index (χ3n) is 3.81. The summed E-state index contributed by atoms with van der Waals surface area (Å²) in [6.07, 6.45) is -0.608. The van der Waals surface area contributed by atoms with Gasteiger partial charge in [-0.15, -0.1) is 0 Å². The van der Waals surface area contributed by atoms with Crippen molar-refractivity contribution in [3.05, 3.63) is 58.6 Å². The fraction of sp³-hybridized carbons (Fsp3) is 0.350. The van der Waals surface area contributed by atoms with Gasteiger partial charge in [0.25, 0.3) is 5.91 Å². The standard InChI is InChI=1S/C20H24ClNO2/c1-13-12-15(21)10-11-17(13)22-19(23)14(2)24-18-9-7-6-8-16(18)20(3,4)5/h6-12,14H,1-5H3,(H,22,23). The Hall–Kier alpha value is -2.00. The van der Waals surface area contributed by atoms with Gasteiger partial charge in [-0.25, -0.2) is 0 Å². The van der Waals surface area contributed by atoms with Crippen LogP contribution in [0, 0.1) is 6.92 Å². The molecule has 0 aliphatic carbocycles. The summed E-state index contributed by atoms with van der Waals surface area (Å²) >= 11 is 5.95. The lowest BCUT2D eigenvalue weighted by atomic mass is 9.86. The van der Waals surface area contributed by atoms with Gasteiger partial charge in [-0.3, -0.25) is 4.79 Å². The van der Waals surface area contributed by atoms with Crippen LogP contribution < -0.4 is 10.1 Å². The number of anilines is 1. The number of aryl methyl sites for hydroxylation is 1. The second-order valence-corrected chi connectivity index (χ2v) is 7.39. The molecule has 0 saturated carbocycles. The first-order valence-electron chi connectivity index (χ1n) is 8.01. The molecule has 1 unspecified atom stereocenters. The summed E-state index contributed by atoms with van der Waals surface area (Å²) < 4.78 is 5.93. The highest BCUT2D eigenvalue weighted by atomic mass is 35.5. The molecule has 0 heterocycles. The highest BCUT2D eigenvalue weighted by Gasteiger charge is 2.22. The minimum Gasteiger partial charge on any atom is -0.481 e. The zero-order chi connectivity index (χ0) is 17.9. The maximum absolute atomic E-state index is 12.4. The van der Waals surface area contributed by atoms with Crippen molar-refractivity contribution in [2.24, 2.45) is 0 Å². The predicted octanol–water partition coefficient (Wildman–Crippen LogP) is 5.35. The number of amides is 1. The molecule has 0 fully saturated rings. The van der Waals surface area contributed by atoms with Crippen LogP contribution in [0.15, 0.2) is 42.5 Å². The monoisotopic (exact) mass is 345 g/mol.